The molecule has 9 heteroatoms. The van der Waals surface area contributed by atoms with Crippen molar-refractivity contribution in [2.45, 2.75) is 24.7 Å². The van der Waals surface area contributed by atoms with Crippen LogP contribution in [0.25, 0.3) is 0 Å². The summed E-state index contributed by atoms with van der Waals surface area (Å²) in [4.78, 5) is 12.1. The molecule has 0 aliphatic carbocycles. The van der Waals surface area contributed by atoms with E-state index in [1.54, 1.807) is 17.5 Å². The van der Waals surface area contributed by atoms with Crippen LogP contribution in [0.4, 0.5) is 5.69 Å². The molecule has 2 heterocycles. The first-order valence-corrected chi connectivity index (χ1v) is 9.93. The molecule has 0 bridgehead atoms. The summed E-state index contributed by atoms with van der Waals surface area (Å²) in [6.45, 7) is 3.17. The van der Waals surface area contributed by atoms with Crippen LogP contribution >= 0.6 is 11.5 Å². The molecule has 1 saturated heterocycles. The molecule has 24 heavy (non-hydrogen) atoms. The fourth-order valence-electron chi connectivity index (χ4n) is 2.68. The minimum absolute atomic E-state index is 0.235. The summed E-state index contributed by atoms with van der Waals surface area (Å²) < 4.78 is 30.5. The first-order valence-electron chi connectivity index (χ1n) is 7.65. The van der Waals surface area contributed by atoms with Gasteiger partial charge in [-0.2, -0.15) is 4.31 Å². The molecule has 2 aromatic rings. The van der Waals surface area contributed by atoms with Crippen LogP contribution < -0.4 is 5.32 Å². The normalized spacial score (nSPS) is 19.1. The first-order chi connectivity index (χ1) is 11.5. The molecular formula is C15H18N4O3S2. The van der Waals surface area contributed by atoms with Crippen molar-refractivity contribution >= 4 is 33.2 Å². The zero-order chi connectivity index (χ0) is 17.2. The molecule has 1 aromatic heterocycles. The van der Waals surface area contributed by atoms with E-state index in [1.165, 1.54) is 16.4 Å². The highest BCUT2D eigenvalue weighted by atomic mass is 32.2. The van der Waals surface area contributed by atoms with Gasteiger partial charge in [-0.15, -0.1) is 5.10 Å². The highest BCUT2D eigenvalue weighted by Gasteiger charge is 2.28. The smallest absolute Gasteiger partial charge is 0.277 e. The van der Waals surface area contributed by atoms with Crippen molar-refractivity contribution in [2.75, 3.05) is 18.4 Å². The van der Waals surface area contributed by atoms with Crippen LogP contribution in [0.2, 0.25) is 0 Å². The molecule has 1 amide bonds. The van der Waals surface area contributed by atoms with E-state index in [9.17, 15) is 13.2 Å². The number of sulfonamides is 1. The third kappa shape index (κ3) is 3.63. The van der Waals surface area contributed by atoms with E-state index in [2.05, 4.69) is 21.8 Å². The minimum Gasteiger partial charge on any atom is -0.321 e. The Bertz CT molecular complexity index is 804. The lowest BCUT2D eigenvalue weighted by Gasteiger charge is -2.30. The van der Waals surface area contributed by atoms with E-state index >= 15 is 0 Å². The molecule has 1 aliphatic heterocycles. The van der Waals surface area contributed by atoms with Gasteiger partial charge in [0.1, 0.15) is 0 Å². The molecule has 0 radical (unpaired) electrons. The molecule has 1 fully saturated rings. The number of rotatable bonds is 4. The Morgan fingerprint density at radius 3 is 2.71 bits per heavy atom. The summed E-state index contributed by atoms with van der Waals surface area (Å²) in [7, 11) is -3.48. The van der Waals surface area contributed by atoms with Crippen molar-refractivity contribution < 1.29 is 13.2 Å². The zero-order valence-electron chi connectivity index (χ0n) is 13.2. The van der Waals surface area contributed by atoms with Gasteiger partial charge >= 0.3 is 0 Å². The molecule has 0 spiro atoms. The molecule has 3 rings (SSSR count). The maximum Gasteiger partial charge on any atom is 0.277 e. The summed E-state index contributed by atoms with van der Waals surface area (Å²) in [5.41, 5.74) is 0.748. The number of nitrogens with one attached hydrogen (secondary N) is 1. The lowest BCUT2D eigenvalue weighted by molar-refractivity contribution is 0.102. The van der Waals surface area contributed by atoms with Crippen LogP contribution in [-0.4, -0.2) is 41.3 Å². The molecular weight excluding hydrogens is 348 g/mol. The lowest BCUT2D eigenvalue weighted by atomic mass is 10.0. The monoisotopic (exact) mass is 366 g/mol. The van der Waals surface area contributed by atoms with Gasteiger partial charge in [-0.3, -0.25) is 4.79 Å². The Labute approximate surface area is 144 Å². The fourth-order valence-corrected chi connectivity index (χ4v) is 4.72. The van der Waals surface area contributed by atoms with Gasteiger partial charge in [-0.1, -0.05) is 11.4 Å². The minimum atomic E-state index is -3.48. The largest absolute Gasteiger partial charge is 0.321 e. The number of anilines is 1. The summed E-state index contributed by atoms with van der Waals surface area (Å²) in [5.74, 6) is 0.00280. The molecule has 1 N–H and O–H groups in total. The highest BCUT2D eigenvalue weighted by Crippen LogP contribution is 2.24. The number of carbonyl (C=O) groups excluding carboxylic acids is 1. The van der Waals surface area contributed by atoms with Gasteiger partial charge in [0.25, 0.3) is 5.91 Å². The Hall–Kier alpha value is -1.84. The summed E-state index contributed by atoms with van der Waals surface area (Å²) in [5, 5.41) is 7.90. The maximum absolute atomic E-state index is 12.7. The topological polar surface area (TPSA) is 92.3 Å². The predicted molar refractivity (Wildman–Crippen MR) is 91.5 cm³/mol. The predicted octanol–water partition coefficient (Wildman–Crippen LogP) is 2.21. The average molecular weight is 366 g/mol. The number of carbonyl (C=O) groups is 1. The van der Waals surface area contributed by atoms with Gasteiger partial charge in [0.15, 0.2) is 5.69 Å². The van der Waals surface area contributed by atoms with Crippen LogP contribution in [0.5, 0.6) is 0 Å². The number of hydrogen-bond acceptors (Lipinski definition) is 6. The maximum atomic E-state index is 12.7. The molecule has 1 atom stereocenters. The molecule has 0 saturated carbocycles. The summed E-state index contributed by atoms with van der Waals surface area (Å²) in [6, 6.07) is 6.20. The second-order valence-electron chi connectivity index (χ2n) is 5.88. The Kier molecular flexibility index (Phi) is 4.93. The summed E-state index contributed by atoms with van der Waals surface area (Å²) >= 11 is 1.09. The standard InChI is InChI=1S/C15H18N4O3S2/c1-11-3-2-8-19(9-11)24(21,22)13-6-4-12(5-7-13)16-15(20)14-10-23-18-17-14/h4-7,10-11H,2-3,8-9H2,1H3,(H,16,20). The Balaban J connectivity index is 1.73. The van der Waals surface area contributed by atoms with Crippen LogP contribution in [0.1, 0.15) is 30.3 Å². The molecule has 1 aromatic carbocycles. The van der Waals surface area contributed by atoms with E-state index in [-0.39, 0.29) is 16.5 Å². The van der Waals surface area contributed by atoms with E-state index in [4.69, 9.17) is 0 Å². The van der Waals surface area contributed by atoms with Crippen molar-refractivity contribution in [3.8, 4) is 0 Å². The van der Waals surface area contributed by atoms with Gasteiger partial charge in [-0.25, -0.2) is 8.42 Å². The van der Waals surface area contributed by atoms with E-state index in [1.807, 2.05) is 0 Å². The molecule has 128 valence electrons. The number of hydrogen-bond donors (Lipinski definition) is 1. The van der Waals surface area contributed by atoms with E-state index in [0.29, 0.717) is 24.7 Å². The zero-order valence-corrected chi connectivity index (χ0v) is 14.8. The van der Waals surface area contributed by atoms with Gasteiger partial charge in [0, 0.05) is 24.2 Å². The Morgan fingerprint density at radius 1 is 1.33 bits per heavy atom. The lowest BCUT2D eigenvalue weighted by Crippen LogP contribution is -2.39. The number of nitrogens with zero attached hydrogens (tertiary/aromatic N) is 3. The third-order valence-electron chi connectivity index (χ3n) is 3.96. The van der Waals surface area contributed by atoms with E-state index in [0.717, 1.165) is 24.4 Å². The van der Waals surface area contributed by atoms with Crippen molar-refractivity contribution in [3.05, 3.63) is 35.3 Å². The second-order valence-corrected chi connectivity index (χ2v) is 8.43. The van der Waals surface area contributed by atoms with Gasteiger partial charge < -0.3 is 5.32 Å². The number of amides is 1. The third-order valence-corrected chi connectivity index (χ3v) is 6.35. The summed E-state index contributed by atoms with van der Waals surface area (Å²) in [6.07, 6.45) is 1.94. The SMILES string of the molecule is CC1CCCN(S(=O)(=O)c2ccc(NC(=O)c3csnn3)cc2)C1. The van der Waals surface area contributed by atoms with Gasteiger partial charge in [0.05, 0.1) is 4.90 Å². The average Bonchev–Trinajstić information content (AvgIpc) is 3.10. The van der Waals surface area contributed by atoms with E-state index < -0.39 is 10.0 Å². The van der Waals surface area contributed by atoms with Crippen LogP contribution in [0.3, 0.4) is 0 Å². The molecule has 7 nitrogen and oxygen atoms in total. The quantitative estimate of drug-likeness (QED) is 0.896. The van der Waals surface area contributed by atoms with Crippen molar-refractivity contribution in [2.24, 2.45) is 5.92 Å². The van der Waals surface area contributed by atoms with Crippen molar-refractivity contribution in [1.82, 2.24) is 13.9 Å². The molecule has 1 aliphatic rings. The van der Waals surface area contributed by atoms with Crippen LogP contribution in [0.15, 0.2) is 34.5 Å². The van der Waals surface area contributed by atoms with Crippen LogP contribution in [-0.2, 0) is 10.0 Å². The first kappa shape index (κ1) is 17.0. The van der Waals surface area contributed by atoms with Crippen molar-refractivity contribution in [3.63, 3.8) is 0 Å². The molecule has 1 unspecified atom stereocenters. The second kappa shape index (κ2) is 6.96. The van der Waals surface area contributed by atoms with Crippen molar-refractivity contribution in [1.29, 1.82) is 0 Å². The highest BCUT2D eigenvalue weighted by molar-refractivity contribution is 7.89. The fraction of sp³-hybridized carbons (Fsp3) is 0.400. The van der Waals surface area contributed by atoms with Gasteiger partial charge in [0.2, 0.25) is 10.0 Å². The number of benzene rings is 1. The van der Waals surface area contributed by atoms with Crippen LogP contribution in [0, 0.1) is 5.92 Å². The number of aromatic nitrogens is 2. The Morgan fingerprint density at radius 2 is 2.08 bits per heavy atom. The van der Waals surface area contributed by atoms with Gasteiger partial charge in [-0.05, 0) is 54.6 Å². The number of piperidine rings is 1.